The van der Waals surface area contributed by atoms with Gasteiger partial charge >= 0.3 is 5.97 Å². The second kappa shape index (κ2) is 13.1. The first-order valence-corrected chi connectivity index (χ1v) is 14.3. The number of benzene rings is 3. The van der Waals surface area contributed by atoms with E-state index in [1.165, 1.54) is 23.8 Å². The SMILES string of the molecule is CCOc1cc(C=C2SC(=Nc3ccc(C(=O)OC)cc3)N(C)C2=O)cc(I)c1OCc1ccc(Cl)c(Cl)c1. The summed E-state index contributed by atoms with van der Waals surface area (Å²) in [4.78, 5) is 31.2. The highest BCUT2D eigenvalue weighted by molar-refractivity contribution is 14.1. The van der Waals surface area contributed by atoms with Crippen molar-refractivity contribution in [3.63, 3.8) is 0 Å². The molecule has 4 rings (SSSR count). The summed E-state index contributed by atoms with van der Waals surface area (Å²) in [6, 6.07) is 15.8. The number of rotatable bonds is 8. The van der Waals surface area contributed by atoms with Gasteiger partial charge in [0.25, 0.3) is 5.91 Å². The number of likely N-dealkylation sites (N-methyl/N-ethyl adjacent to an activating group) is 1. The van der Waals surface area contributed by atoms with Crippen molar-refractivity contribution in [3.8, 4) is 11.5 Å². The summed E-state index contributed by atoms with van der Waals surface area (Å²) in [6.45, 7) is 2.63. The molecule has 0 spiro atoms. The highest BCUT2D eigenvalue weighted by atomic mass is 127. The van der Waals surface area contributed by atoms with E-state index in [0.29, 0.717) is 49.5 Å². The fourth-order valence-corrected chi connectivity index (χ4v) is 5.65. The van der Waals surface area contributed by atoms with Gasteiger partial charge in [-0.3, -0.25) is 9.69 Å². The second-order valence-electron chi connectivity index (χ2n) is 8.21. The average Bonchev–Trinajstić information content (AvgIpc) is 3.17. The van der Waals surface area contributed by atoms with Gasteiger partial charge in [0.1, 0.15) is 6.61 Å². The number of hydrogen-bond donors (Lipinski definition) is 0. The number of ether oxygens (including phenoxy) is 3. The Morgan fingerprint density at radius 1 is 1.08 bits per heavy atom. The third kappa shape index (κ3) is 7.08. The van der Waals surface area contributed by atoms with Crippen LogP contribution >= 0.6 is 57.6 Å². The normalized spacial score (nSPS) is 15.2. The van der Waals surface area contributed by atoms with Gasteiger partial charge in [-0.25, -0.2) is 9.79 Å². The molecule has 1 fully saturated rings. The number of esters is 1. The highest BCUT2D eigenvalue weighted by Gasteiger charge is 2.30. The standard InChI is InChI=1S/C28H23Cl2IN2O5S/c1-4-37-23-13-17(12-22(31)25(23)38-15-16-5-10-20(29)21(30)11-16)14-24-26(34)33(2)28(39-24)32-19-8-6-18(7-9-19)27(35)36-3/h5-14H,4,15H2,1-3H3. The Kier molecular flexibility index (Phi) is 9.81. The maximum absolute atomic E-state index is 13.0. The van der Waals surface area contributed by atoms with E-state index in [1.54, 1.807) is 49.5 Å². The summed E-state index contributed by atoms with van der Waals surface area (Å²) < 4.78 is 17.5. The highest BCUT2D eigenvalue weighted by Crippen LogP contribution is 2.38. The van der Waals surface area contributed by atoms with Crippen LogP contribution in [-0.2, 0) is 16.1 Å². The van der Waals surface area contributed by atoms with Crippen LogP contribution in [0.4, 0.5) is 5.69 Å². The van der Waals surface area contributed by atoms with Gasteiger partial charge in [-0.05, 0) is 107 Å². The lowest BCUT2D eigenvalue weighted by atomic mass is 10.1. The van der Waals surface area contributed by atoms with Crippen LogP contribution in [0, 0.1) is 3.57 Å². The third-order valence-electron chi connectivity index (χ3n) is 5.51. The van der Waals surface area contributed by atoms with Crippen LogP contribution in [-0.4, -0.2) is 42.7 Å². The Morgan fingerprint density at radius 2 is 1.82 bits per heavy atom. The summed E-state index contributed by atoms with van der Waals surface area (Å²) in [5.41, 5.74) is 2.70. The summed E-state index contributed by atoms with van der Waals surface area (Å²) in [7, 11) is 3.00. The van der Waals surface area contributed by atoms with Crippen LogP contribution in [0.5, 0.6) is 11.5 Å². The van der Waals surface area contributed by atoms with Crippen molar-refractivity contribution in [1.82, 2.24) is 4.90 Å². The Morgan fingerprint density at radius 3 is 2.49 bits per heavy atom. The van der Waals surface area contributed by atoms with Crippen LogP contribution < -0.4 is 9.47 Å². The molecule has 0 aromatic heterocycles. The zero-order valence-corrected chi connectivity index (χ0v) is 25.7. The van der Waals surface area contributed by atoms with E-state index in [4.69, 9.17) is 37.4 Å². The quantitative estimate of drug-likeness (QED) is 0.137. The second-order valence-corrected chi connectivity index (χ2v) is 11.2. The summed E-state index contributed by atoms with van der Waals surface area (Å²) in [5.74, 6) is 0.581. The molecule has 0 unspecified atom stereocenters. The van der Waals surface area contributed by atoms with Gasteiger partial charge in [0.15, 0.2) is 16.7 Å². The minimum Gasteiger partial charge on any atom is -0.490 e. The number of amides is 1. The van der Waals surface area contributed by atoms with E-state index in [2.05, 4.69) is 27.6 Å². The third-order valence-corrected chi connectivity index (χ3v) is 8.11. The van der Waals surface area contributed by atoms with Crippen LogP contribution in [0.15, 0.2) is 64.5 Å². The lowest BCUT2D eigenvalue weighted by molar-refractivity contribution is -0.121. The van der Waals surface area contributed by atoms with Crippen molar-refractivity contribution in [3.05, 3.63) is 89.8 Å². The lowest BCUT2D eigenvalue weighted by Crippen LogP contribution is -2.23. The number of aliphatic imine (C=N–C) groups is 1. The molecule has 0 radical (unpaired) electrons. The van der Waals surface area contributed by atoms with E-state index >= 15 is 0 Å². The van der Waals surface area contributed by atoms with Gasteiger partial charge < -0.3 is 14.2 Å². The molecule has 202 valence electrons. The molecule has 1 aliphatic rings. The van der Waals surface area contributed by atoms with Gasteiger partial charge in [-0.15, -0.1) is 0 Å². The van der Waals surface area contributed by atoms with Crippen molar-refractivity contribution in [2.24, 2.45) is 4.99 Å². The Bertz CT molecular complexity index is 1480. The zero-order valence-electron chi connectivity index (χ0n) is 21.2. The van der Waals surface area contributed by atoms with Gasteiger partial charge in [-0.1, -0.05) is 29.3 Å². The fraction of sp³-hybridized carbons (Fsp3) is 0.179. The van der Waals surface area contributed by atoms with Crippen LogP contribution in [0.1, 0.15) is 28.4 Å². The number of thioether (sulfide) groups is 1. The molecule has 1 heterocycles. The number of amidine groups is 1. The van der Waals surface area contributed by atoms with E-state index in [9.17, 15) is 9.59 Å². The molecular weight excluding hydrogens is 674 g/mol. The largest absolute Gasteiger partial charge is 0.490 e. The Hall–Kier alpha value is -2.73. The van der Waals surface area contributed by atoms with Crippen LogP contribution in [0.25, 0.3) is 6.08 Å². The molecule has 0 saturated carbocycles. The molecule has 11 heteroatoms. The van der Waals surface area contributed by atoms with Crippen LogP contribution in [0.2, 0.25) is 10.0 Å². The molecule has 3 aromatic carbocycles. The van der Waals surface area contributed by atoms with E-state index in [-0.39, 0.29) is 12.5 Å². The summed E-state index contributed by atoms with van der Waals surface area (Å²) in [6.07, 6.45) is 1.81. The summed E-state index contributed by atoms with van der Waals surface area (Å²) in [5, 5.41) is 1.47. The number of methoxy groups -OCH3 is 1. The maximum Gasteiger partial charge on any atom is 0.337 e. The van der Waals surface area contributed by atoms with Crippen molar-refractivity contribution in [2.45, 2.75) is 13.5 Å². The predicted octanol–water partition coefficient (Wildman–Crippen LogP) is 7.60. The topological polar surface area (TPSA) is 77.4 Å². The Labute approximate surface area is 254 Å². The van der Waals surface area contributed by atoms with Crippen molar-refractivity contribution < 1.29 is 23.8 Å². The van der Waals surface area contributed by atoms with Gasteiger partial charge in [-0.2, -0.15) is 0 Å². The molecule has 0 N–H and O–H groups in total. The fourth-order valence-electron chi connectivity index (χ4n) is 3.56. The first-order chi connectivity index (χ1) is 18.7. The maximum atomic E-state index is 13.0. The number of nitrogens with zero attached hydrogens (tertiary/aromatic N) is 2. The smallest absolute Gasteiger partial charge is 0.337 e. The molecular formula is C28H23Cl2IN2O5S. The Balaban J connectivity index is 1.56. The zero-order chi connectivity index (χ0) is 28.1. The molecule has 0 aliphatic carbocycles. The first kappa shape index (κ1) is 29.3. The van der Waals surface area contributed by atoms with Gasteiger partial charge in [0, 0.05) is 7.05 Å². The number of carbonyl (C=O) groups is 2. The van der Waals surface area contributed by atoms with E-state index in [0.717, 1.165) is 14.7 Å². The molecule has 0 bridgehead atoms. The van der Waals surface area contributed by atoms with E-state index < -0.39 is 5.97 Å². The van der Waals surface area contributed by atoms with Crippen molar-refractivity contribution >= 4 is 86.4 Å². The molecule has 7 nitrogen and oxygen atoms in total. The monoisotopic (exact) mass is 696 g/mol. The molecule has 0 atom stereocenters. The lowest BCUT2D eigenvalue weighted by Gasteiger charge is -2.15. The molecule has 3 aromatic rings. The number of hydrogen-bond acceptors (Lipinski definition) is 7. The van der Waals surface area contributed by atoms with Gasteiger partial charge in [0.2, 0.25) is 0 Å². The van der Waals surface area contributed by atoms with Crippen molar-refractivity contribution in [1.29, 1.82) is 0 Å². The van der Waals surface area contributed by atoms with Gasteiger partial charge in [0.05, 0.1) is 43.5 Å². The molecule has 39 heavy (non-hydrogen) atoms. The van der Waals surface area contributed by atoms with Crippen molar-refractivity contribution in [2.75, 3.05) is 20.8 Å². The molecule has 1 aliphatic heterocycles. The molecule has 1 amide bonds. The predicted molar refractivity (Wildman–Crippen MR) is 164 cm³/mol. The minimum absolute atomic E-state index is 0.169. The number of carbonyl (C=O) groups excluding carboxylic acids is 2. The average molecular weight is 697 g/mol. The van der Waals surface area contributed by atoms with E-state index in [1.807, 2.05) is 25.1 Å². The van der Waals surface area contributed by atoms with Crippen LogP contribution in [0.3, 0.4) is 0 Å². The number of halogens is 3. The molecule has 1 saturated heterocycles. The summed E-state index contributed by atoms with van der Waals surface area (Å²) >= 11 is 15.6. The minimum atomic E-state index is -0.422. The first-order valence-electron chi connectivity index (χ1n) is 11.7.